The first kappa shape index (κ1) is 24.3. The maximum atomic E-state index is 13.2. The van der Waals surface area contributed by atoms with Crippen LogP contribution in [0.1, 0.15) is 49.3 Å². The summed E-state index contributed by atoms with van der Waals surface area (Å²) < 4.78 is 7.68. The van der Waals surface area contributed by atoms with Gasteiger partial charge in [-0.3, -0.25) is 9.59 Å². The highest BCUT2D eigenvalue weighted by molar-refractivity contribution is 7.13. The third-order valence-corrected chi connectivity index (χ3v) is 7.14. The van der Waals surface area contributed by atoms with E-state index < -0.39 is 0 Å². The van der Waals surface area contributed by atoms with Crippen molar-refractivity contribution in [3.8, 4) is 10.4 Å². The molecule has 0 aromatic carbocycles. The molecule has 0 radical (unpaired) electrons. The predicted octanol–water partition coefficient (Wildman–Crippen LogP) is 3.67. The minimum atomic E-state index is -0.273. The van der Waals surface area contributed by atoms with Crippen molar-refractivity contribution in [2.24, 2.45) is 11.3 Å². The second-order valence-corrected chi connectivity index (χ2v) is 10.9. The number of aromatic nitrogens is 1. The molecular formula is C26H33N3O4S. The van der Waals surface area contributed by atoms with Crippen molar-refractivity contribution in [1.29, 1.82) is 0 Å². The van der Waals surface area contributed by atoms with E-state index in [4.69, 9.17) is 9.84 Å². The average molecular weight is 484 g/mol. The van der Waals surface area contributed by atoms with Crippen molar-refractivity contribution in [2.75, 3.05) is 26.8 Å². The summed E-state index contributed by atoms with van der Waals surface area (Å²) >= 11 is 1.64. The summed E-state index contributed by atoms with van der Waals surface area (Å²) in [5.41, 5.74) is 3.19. The molecule has 0 saturated heterocycles. The molecule has 2 aromatic rings. The Morgan fingerprint density at radius 2 is 2.03 bits per heavy atom. The number of methoxy groups -OCH3 is 1. The molecule has 3 heterocycles. The molecule has 2 unspecified atom stereocenters. The van der Waals surface area contributed by atoms with E-state index >= 15 is 0 Å². The highest BCUT2D eigenvalue weighted by Crippen LogP contribution is 2.46. The molecule has 2 aromatic heterocycles. The van der Waals surface area contributed by atoms with Gasteiger partial charge < -0.3 is 25.0 Å². The molecule has 34 heavy (non-hydrogen) atoms. The zero-order valence-corrected chi connectivity index (χ0v) is 21.0. The molecule has 0 bridgehead atoms. The third kappa shape index (κ3) is 4.83. The Hall–Kier alpha value is -2.84. The molecule has 3 N–H and O–H groups in total. The molecular weight excluding hydrogens is 450 g/mol. The van der Waals surface area contributed by atoms with Crippen molar-refractivity contribution in [3.05, 3.63) is 58.5 Å². The number of aliphatic hydroxyl groups is 1. The Balaban J connectivity index is 1.78. The lowest BCUT2D eigenvalue weighted by Crippen LogP contribution is -2.35. The van der Waals surface area contributed by atoms with E-state index in [2.05, 4.69) is 42.0 Å². The number of hydrogen-bond acceptors (Lipinski definition) is 5. The van der Waals surface area contributed by atoms with Crippen LogP contribution in [0, 0.1) is 11.3 Å². The minimum absolute atomic E-state index is 0.0149. The van der Waals surface area contributed by atoms with Crippen molar-refractivity contribution >= 4 is 23.2 Å². The fraction of sp³-hybridized carbons (Fsp3) is 0.462. The molecule has 7 nitrogen and oxygen atoms in total. The van der Waals surface area contributed by atoms with Crippen LogP contribution in [-0.4, -0.2) is 48.3 Å². The first-order valence-electron chi connectivity index (χ1n) is 11.7. The number of carbonyl (C=O) groups excluding carboxylic acids is 2. The Morgan fingerprint density at radius 1 is 1.24 bits per heavy atom. The molecule has 0 fully saturated rings. The topological polar surface area (TPSA) is 92.6 Å². The van der Waals surface area contributed by atoms with Crippen LogP contribution in [0.15, 0.2) is 47.1 Å². The average Bonchev–Trinajstić information content (AvgIpc) is 3.47. The molecule has 2 atom stereocenters. The molecule has 8 heteroatoms. The second-order valence-electron chi connectivity index (χ2n) is 9.97. The first-order valence-corrected chi connectivity index (χ1v) is 12.5. The molecule has 0 saturated carbocycles. The van der Waals surface area contributed by atoms with Crippen molar-refractivity contribution in [3.63, 3.8) is 0 Å². The van der Waals surface area contributed by atoms with E-state index in [-0.39, 0.29) is 42.2 Å². The molecule has 1 aliphatic heterocycles. The van der Waals surface area contributed by atoms with Crippen LogP contribution < -0.4 is 10.6 Å². The molecule has 2 amide bonds. The third-order valence-electron chi connectivity index (χ3n) is 6.24. The maximum absolute atomic E-state index is 13.2. The molecule has 2 aliphatic rings. The van der Waals surface area contributed by atoms with Gasteiger partial charge in [-0.05, 0) is 41.3 Å². The van der Waals surface area contributed by atoms with Gasteiger partial charge in [0.25, 0.3) is 11.8 Å². The fourth-order valence-corrected chi connectivity index (χ4v) is 5.39. The van der Waals surface area contributed by atoms with Crippen LogP contribution in [0.3, 0.4) is 0 Å². The SMILES string of the molecule is COC1=CC2CCn3c(C(=O)NCC(C)(C)C)cc(-c4cccs4)c3C2C=C1C(=O)NCCO. The van der Waals surface area contributed by atoms with E-state index in [9.17, 15) is 9.59 Å². The molecule has 182 valence electrons. The summed E-state index contributed by atoms with van der Waals surface area (Å²) in [6.45, 7) is 7.64. The number of allylic oxidation sites excluding steroid dienone is 2. The van der Waals surface area contributed by atoms with Crippen molar-refractivity contribution in [2.45, 2.75) is 39.7 Å². The van der Waals surface area contributed by atoms with E-state index in [1.165, 1.54) is 0 Å². The van der Waals surface area contributed by atoms with Gasteiger partial charge in [0.05, 0.1) is 19.3 Å². The lowest BCUT2D eigenvalue weighted by Gasteiger charge is -2.35. The second kappa shape index (κ2) is 9.80. The number of aliphatic hydroxyl groups excluding tert-OH is 1. The van der Waals surface area contributed by atoms with E-state index in [1.54, 1.807) is 18.4 Å². The molecule has 4 rings (SSSR count). The Morgan fingerprint density at radius 3 is 2.68 bits per heavy atom. The van der Waals surface area contributed by atoms with Crippen LogP contribution in [-0.2, 0) is 16.1 Å². The Bertz CT molecular complexity index is 1120. The fourth-order valence-electron chi connectivity index (χ4n) is 4.64. The van der Waals surface area contributed by atoms with Gasteiger partial charge in [-0.1, -0.05) is 32.9 Å². The quantitative estimate of drug-likeness (QED) is 0.560. The Labute approximate surface area is 204 Å². The van der Waals surface area contributed by atoms with E-state index in [0.717, 1.165) is 22.6 Å². The normalized spacial score (nSPS) is 19.4. The van der Waals surface area contributed by atoms with Gasteiger partial charge >= 0.3 is 0 Å². The van der Waals surface area contributed by atoms with E-state index in [0.29, 0.717) is 30.1 Å². The Kier molecular flexibility index (Phi) is 7.00. The number of hydrogen-bond donors (Lipinski definition) is 3. The highest BCUT2D eigenvalue weighted by Gasteiger charge is 2.37. The van der Waals surface area contributed by atoms with Crippen LogP contribution in [0.25, 0.3) is 10.4 Å². The summed E-state index contributed by atoms with van der Waals surface area (Å²) in [5, 5.41) is 17.0. The largest absolute Gasteiger partial charge is 0.496 e. The number of carbonyl (C=O) groups is 2. The van der Waals surface area contributed by atoms with Crippen LogP contribution in [0.5, 0.6) is 0 Å². The van der Waals surface area contributed by atoms with Gasteiger partial charge in [-0.25, -0.2) is 0 Å². The predicted molar refractivity (Wildman–Crippen MR) is 134 cm³/mol. The monoisotopic (exact) mass is 483 g/mol. The van der Waals surface area contributed by atoms with Crippen LogP contribution in [0.2, 0.25) is 0 Å². The number of fused-ring (bicyclic) bond motifs is 3. The maximum Gasteiger partial charge on any atom is 0.267 e. The van der Waals surface area contributed by atoms with Crippen LogP contribution in [0.4, 0.5) is 0 Å². The zero-order valence-electron chi connectivity index (χ0n) is 20.2. The smallest absolute Gasteiger partial charge is 0.267 e. The van der Waals surface area contributed by atoms with Gasteiger partial charge in [-0.2, -0.15) is 0 Å². The van der Waals surface area contributed by atoms with Gasteiger partial charge in [0.2, 0.25) is 0 Å². The first-order chi connectivity index (χ1) is 16.2. The summed E-state index contributed by atoms with van der Waals surface area (Å²) in [6.07, 6.45) is 4.84. The summed E-state index contributed by atoms with van der Waals surface area (Å²) in [4.78, 5) is 27.2. The van der Waals surface area contributed by atoms with Gasteiger partial charge in [0, 0.05) is 41.7 Å². The standard InChI is InChI=1S/C26H33N3O4S/c1-26(2,3)15-28-25(32)20-14-19(22-6-5-11-34-22)23-17-13-18(24(31)27-8-10-30)21(33-4)12-16(17)7-9-29(20)23/h5-6,11-14,16-17,30H,7-10,15H2,1-4H3,(H,27,31)(H,28,32). The summed E-state index contributed by atoms with van der Waals surface area (Å²) in [5.74, 6) is 0.300. The highest BCUT2D eigenvalue weighted by atomic mass is 32.1. The minimum Gasteiger partial charge on any atom is -0.496 e. The lowest BCUT2D eigenvalue weighted by atomic mass is 9.77. The van der Waals surface area contributed by atoms with E-state index in [1.807, 2.05) is 29.7 Å². The lowest BCUT2D eigenvalue weighted by molar-refractivity contribution is -0.117. The van der Waals surface area contributed by atoms with Gasteiger partial charge in [0.15, 0.2) is 0 Å². The number of nitrogens with one attached hydrogen (secondary N) is 2. The molecule has 1 aliphatic carbocycles. The number of ether oxygens (including phenoxy) is 1. The number of thiophene rings is 1. The summed E-state index contributed by atoms with van der Waals surface area (Å²) in [7, 11) is 1.57. The number of nitrogens with zero attached hydrogens (tertiary/aromatic N) is 1. The van der Waals surface area contributed by atoms with Gasteiger partial charge in [-0.15, -0.1) is 11.3 Å². The van der Waals surface area contributed by atoms with Gasteiger partial charge in [0.1, 0.15) is 11.5 Å². The number of rotatable bonds is 7. The van der Waals surface area contributed by atoms with Crippen molar-refractivity contribution in [1.82, 2.24) is 15.2 Å². The molecule has 0 spiro atoms. The van der Waals surface area contributed by atoms with Crippen LogP contribution >= 0.6 is 11.3 Å². The van der Waals surface area contributed by atoms with Crippen molar-refractivity contribution < 1.29 is 19.4 Å². The zero-order chi connectivity index (χ0) is 24.5. The number of amides is 2. The summed E-state index contributed by atoms with van der Waals surface area (Å²) in [6, 6.07) is 6.08.